The molecule has 84 valence electrons. The van der Waals surface area contributed by atoms with Crippen molar-refractivity contribution in [2.75, 3.05) is 12.3 Å². The summed E-state index contributed by atoms with van der Waals surface area (Å²) in [7, 11) is -2.84. The Morgan fingerprint density at radius 2 is 2.07 bits per heavy atom. The van der Waals surface area contributed by atoms with Crippen LogP contribution in [-0.2, 0) is 9.84 Å². The van der Waals surface area contributed by atoms with Crippen LogP contribution in [-0.4, -0.2) is 32.0 Å². The van der Waals surface area contributed by atoms with E-state index in [1.54, 1.807) is 13.8 Å². The lowest BCUT2D eigenvalue weighted by atomic mass is 10.0. The van der Waals surface area contributed by atoms with Crippen LogP contribution < -0.4 is 5.32 Å². The van der Waals surface area contributed by atoms with Gasteiger partial charge in [0, 0.05) is 6.04 Å². The van der Waals surface area contributed by atoms with E-state index in [0.717, 1.165) is 19.4 Å². The van der Waals surface area contributed by atoms with Gasteiger partial charge in [0.1, 0.15) is 0 Å². The van der Waals surface area contributed by atoms with Crippen molar-refractivity contribution in [2.24, 2.45) is 0 Å². The van der Waals surface area contributed by atoms with Gasteiger partial charge in [-0.1, -0.05) is 6.42 Å². The highest BCUT2D eigenvalue weighted by molar-refractivity contribution is 7.91. The summed E-state index contributed by atoms with van der Waals surface area (Å²) in [5.41, 5.74) is 0. The van der Waals surface area contributed by atoms with Crippen LogP contribution in [0, 0.1) is 0 Å². The Morgan fingerprint density at radius 3 is 2.57 bits per heavy atom. The fraction of sp³-hybridized carbons (Fsp3) is 1.00. The van der Waals surface area contributed by atoms with Crippen molar-refractivity contribution in [1.29, 1.82) is 0 Å². The maximum absolute atomic E-state index is 11.5. The number of hydrogen-bond acceptors (Lipinski definition) is 3. The van der Waals surface area contributed by atoms with Crippen LogP contribution in [0.25, 0.3) is 0 Å². The SMILES string of the molecule is CC(C)S(=O)(=O)CC[C@@H]1CCCCN1. The van der Waals surface area contributed by atoms with Gasteiger partial charge in [0.05, 0.1) is 11.0 Å². The monoisotopic (exact) mass is 219 g/mol. The molecule has 1 saturated heterocycles. The average Bonchev–Trinajstić information content (AvgIpc) is 2.16. The molecule has 0 amide bonds. The van der Waals surface area contributed by atoms with Crippen LogP contribution in [0.1, 0.15) is 39.5 Å². The van der Waals surface area contributed by atoms with Gasteiger partial charge in [0.25, 0.3) is 0 Å². The number of piperidine rings is 1. The molecule has 1 rings (SSSR count). The Balaban J connectivity index is 2.32. The quantitative estimate of drug-likeness (QED) is 0.776. The minimum atomic E-state index is -2.84. The Bertz CT molecular complexity index is 253. The summed E-state index contributed by atoms with van der Waals surface area (Å²) in [5.74, 6) is 0.336. The normalized spacial score (nSPS) is 24.1. The van der Waals surface area contributed by atoms with Crippen LogP contribution in [0.2, 0.25) is 0 Å². The third kappa shape index (κ3) is 3.58. The Hall–Kier alpha value is -0.0900. The molecule has 1 atom stereocenters. The van der Waals surface area contributed by atoms with Gasteiger partial charge in [0.15, 0.2) is 9.84 Å². The molecule has 1 heterocycles. The minimum absolute atomic E-state index is 0.230. The Labute approximate surface area is 87.2 Å². The van der Waals surface area contributed by atoms with Gasteiger partial charge < -0.3 is 5.32 Å². The molecule has 1 aliphatic rings. The molecule has 0 spiro atoms. The second kappa shape index (κ2) is 5.12. The third-order valence-corrected chi connectivity index (χ3v) is 5.12. The van der Waals surface area contributed by atoms with Gasteiger partial charge in [-0.2, -0.15) is 0 Å². The summed E-state index contributed by atoms with van der Waals surface area (Å²) >= 11 is 0. The molecule has 4 heteroatoms. The van der Waals surface area contributed by atoms with Crippen LogP contribution in [0.5, 0.6) is 0 Å². The lowest BCUT2D eigenvalue weighted by Gasteiger charge is -2.23. The fourth-order valence-electron chi connectivity index (χ4n) is 1.71. The molecule has 0 aromatic heterocycles. The standard InChI is InChI=1S/C10H21NO2S/c1-9(2)14(12,13)8-6-10-5-3-4-7-11-10/h9-11H,3-8H2,1-2H3/t10-/m0/s1. The molecule has 0 aromatic carbocycles. The van der Waals surface area contributed by atoms with E-state index in [2.05, 4.69) is 5.32 Å². The van der Waals surface area contributed by atoms with E-state index in [1.165, 1.54) is 12.8 Å². The molecule has 0 unspecified atom stereocenters. The zero-order valence-corrected chi connectivity index (χ0v) is 9.94. The molecular weight excluding hydrogens is 198 g/mol. The first kappa shape index (κ1) is 12.0. The van der Waals surface area contributed by atoms with Gasteiger partial charge in [0.2, 0.25) is 0 Å². The van der Waals surface area contributed by atoms with Crippen LogP contribution in [0.4, 0.5) is 0 Å². The molecule has 1 aliphatic heterocycles. The molecule has 1 N–H and O–H groups in total. The van der Waals surface area contributed by atoms with E-state index < -0.39 is 9.84 Å². The van der Waals surface area contributed by atoms with Crippen LogP contribution in [0.3, 0.4) is 0 Å². The summed E-state index contributed by atoms with van der Waals surface area (Å²) in [5, 5.41) is 3.14. The first-order chi connectivity index (χ1) is 6.52. The number of nitrogens with one attached hydrogen (secondary N) is 1. The van der Waals surface area contributed by atoms with Crippen molar-refractivity contribution in [3.63, 3.8) is 0 Å². The molecule has 14 heavy (non-hydrogen) atoms. The second-order valence-corrected chi connectivity index (χ2v) is 7.03. The Kier molecular flexibility index (Phi) is 4.38. The maximum Gasteiger partial charge on any atom is 0.152 e. The summed E-state index contributed by atoms with van der Waals surface area (Å²) in [6.07, 6.45) is 4.38. The molecule has 1 fully saturated rings. The fourth-order valence-corrected chi connectivity index (χ4v) is 2.80. The molecule has 0 saturated carbocycles. The maximum atomic E-state index is 11.5. The van der Waals surface area contributed by atoms with Crippen molar-refractivity contribution >= 4 is 9.84 Å². The first-order valence-corrected chi connectivity index (χ1v) is 7.19. The van der Waals surface area contributed by atoms with E-state index in [9.17, 15) is 8.42 Å². The van der Waals surface area contributed by atoms with E-state index in [4.69, 9.17) is 0 Å². The van der Waals surface area contributed by atoms with Crippen molar-refractivity contribution < 1.29 is 8.42 Å². The summed E-state index contributed by atoms with van der Waals surface area (Å²) < 4.78 is 23.1. The predicted octanol–water partition coefficient (Wildman–Crippen LogP) is 1.34. The summed E-state index contributed by atoms with van der Waals surface area (Å²) in [4.78, 5) is 0. The smallest absolute Gasteiger partial charge is 0.152 e. The average molecular weight is 219 g/mol. The highest BCUT2D eigenvalue weighted by atomic mass is 32.2. The van der Waals surface area contributed by atoms with Gasteiger partial charge in [-0.15, -0.1) is 0 Å². The highest BCUT2D eigenvalue weighted by Crippen LogP contribution is 2.12. The number of sulfone groups is 1. The van der Waals surface area contributed by atoms with Crippen molar-refractivity contribution in [1.82, 2.24) is 5.32 Å². The Morgan fingerprint density at radius 1 is 1.36 bits per heavy atom. The van der Waals surface area contributed by atoms with Gasteiger partial charge in [-0.05, 0) is 39.7 Å². The minimum Gasteiger partial charge on any atom is -0.314 e. The third-order valence-electron chi connectivity index (χ3n) is 2.88. The zero-order valence-electron chi connectivity index (χ0n) is 9.12. The van der Waals surface area contributed by atoms with E-state index in [1.807, 2.05) is 0 Å². The molecule has 0 bridgehead atoms. The second-order valence-electron chi connectivity index (χ2n) is 4.35. The summed E-state index contributed by atoms with van der Waals surface area (Å²) in [6, 6.07) is 0.428. The topological polar surface area (TPSA) is 46.2 Å². The predicted molar refractivity (Wildman–Crippen MR) is 59.2 cm³/mol. The largest absolute Gasteiger partial charge is 0.314 e. The zero-order chi connectivity index (χ0) is 10.6. The highest BCUT2D eigenvalue weighted by Gasteiger charge is 2.19. The first-order valence-electron chi connectivity index (χ1n) is 5.47. The van der Waals surface area contributed by atoms with E-state index in [0.29, 0.717) is 11.8 Å². The molecule has 0 aromatic rings. The summed E-state index contributed by atoms with van der Waals surface area (Å²) in [6.45, 7) is 4.56. The molecule has 0 aliphatic carbocycles. The van der Waals surface area contributed by atoms with Crippen LogP contribution in [0.15, 0.2) is 0 Å². The molecule has 3 nitrogen and oxygen atoms in total. The van der Waals surface area contributed by atoms with Crippen molar-refractivity contribution in [3.05, 3.63) is 0 Å². The van der Waals surface area contributed by atoms with E-state index >= 15 is 0 Å². The molecule has 0 radical (unpaired) electrons. The number of rotatable bonds is 4. The lowest BCUT2D eigenvalue weighted by Crippen LogP contribution is -2.36. The number of hydrogen-bond donors (Lipinski definition) is 1. The van der Waals surface area contributed by atoms with Crippen molar-refractivity contribution in [3.8, 4) is 0 Å². The van der Waals surface area contributed by atoms with Crippen LogP contribution >= 0.6 is 0 Å². The van der Waals surface area contributed by atoms with Gasteiger partial charge in [-0.3, -0.25) is 0 Å². The van der Waals surface area contributed by atoms with Crippen molar-refractivity contribution in [2.45, 2.75) is 50.8 Å². The van der Waals surface area contributed by atoms with E-state index in [-0.39, 0.29) is 5.25 Å². The molecular formula is C10H21NO2S. The van der Waals surface area contributed by atoms with Gasteiger partial charge >= 0.3 is 0 Å². The van der Waals surface area contributed by atoms with Gasteiger partial charge in [-0.25, -0.2) is 8.42 Å². The lowest BCUT2D eigenvalue weighted by molar-refractivity contribution is 0.392.